The number of pyridine rings is 1. The van der Waals surface area contributed by atoms with E-state index in [0.29, 0.717) is 16.6 Å². The second-order valence-corrected chi connectivity index (χ2v) is 4.26. The summed E-state index contributed by atoms with van der Waals surface area (Å²) in [6, 6.07) is 8.62. The number of para-hydroxylation sites is 1. The van der Waals surface area contributed by atoms with E-state index in [4.69, 9.17) is 0 Å². The standard InChI is InChI=1S/C14H11N3O2/c1-17-8-9(7-15-17)13-6-11(14(18)19)10-4-2-3-5-12(10)16-13/h2-8H,1H3,(H,18,19)/p-1. The molecule has 0 bridgehead atoms. The Hall–Kier alpha value is -2.69. The molecule has 0 saturated heterocycles. The van der Waals surface area contributed by atoms with Crippen LogP contribution in [0.15, 0.2) is 42.7 Å². The SMILES string of the molecule is Cn1cc(-c2cc(C(=O)[O-])c3ccccc3n2)cn1. The lowest BCUT2D eigenvalue weighted by atomic mass is 10.1. The van der Waals surface area contributed by atoms with Gasteiger partial charge in [-0.3, -0.25) is 4.68 Å². The molecule has 2 aromatic heterocycles. The van der Waals surface area contributed by atoms with Crippen LogP contribution in [-0.4, -0.2) is 20.7 Å². The Labute approximate surface area is 109 Å². The van der Waals surface area contributed by atoms with Crippen LogP contribution in [0.25, 0.3) is 22.2 Å². The predicted octanol–water partition coefficient (Wildman–Crippen LogP) is 0.999. The molecule has 2 heterocycles. The summed E-state index contributed by atoms with van der Waals surface area (Å²) in [5, 5.41) is 15.9. The van der Waals surface area contributed by atoms with Crippen molar-refractivity contribution in [3.05, 3.63) is 48.3 Å². The van der Waals surface area contributed by atoms with Crippen LogP contribution in [0.4, 0.5) is 0 Å². The van der Waals surface area contributed by atoms with Gasteiger partial charge in [0.1, 0.15) is 0 Å². The quantitative estimate of drug-likeness (QED) is 0.682. The number of aryl methyl sites for hydroxylation is 1. The Morgan fingerprint density at radius 1 is 1.32 bits per heavy atom. The average Bonchev–Trinajstić information content (AvgIpc) is 2.84. The number of aromatic nitrogens is 3. The Bertz CT molecular complexity index is 777. The number of fused-ring (bicyclic) bond motifs is 1. The van der Waals surface area contributed by atoms with Crippen molar-refractivity contribution in [2.45, 2.75) is 0 Å². The van der Waals surface area contributed by atoms with Gasteiger partial charge < -0.3 is 9.90 Å². The van der Waals surface area contributed by atoms with Crippen molar-refractivity contribution in [3.8, 4) is 11.3 Å². The normalized spacial score (nSPS) is 10.8. The van der Waals surface area contributed by atoms with Gasteiger partial charge in [-0.15, -0.1) is 0 Å². The largest absolute Gasteiger partial charge is 0.545 e. The number of carbonyl (C=O) groups excluding carboxylic acids is 1. The molecule has 0 aliphatic heterocycles. The van der Waals surface area contributed by atoms with Crippen LogP contribution in [0, 0.1) is 0 Å². The maximum atomic E-state index is 11.2. The van der Waals surface area contributed by atoms with E-state index in [-0.39, 0.29) is 5.56 Å². The zero-order chi connectivity index (χ0) is 13.4. The first-order chi connectivity index (χ1) is 9.15. The van der Waals surface area contributed by atoms with E-state index in [1.54, 1.807) is 42.3 Å². The lowest BCUT2D eigenvalue weighted by molar-refractivity contribution is -0.254. The molecule has 0 amide bonds. The van der Waals surface area contributed by atoms with Gasteiger partial charge in [0.15, 0.2) is 0 Å². The Morgan fingerprint density at radius 3 is 2.79 bits per heavy atom. The van der Waals surface area contributed by atoms with E-state index in [0.717, 1.165) is 5.56 Å². The van der Waals surface area contributed by atoms with Gasteiger partial charge in [0.25, 0.3) is 0 Å². The molecule has 0 saturated carbocycles. The van der Waals surface area contributed by atoms with Crippen LogP contribution in [0.3, 0.4) is 0 Å². The number of hydrogen-bond acceptors (Lipinski definition) is 4. The summed E-state index contributed by atoms with van der Waals surface area (Å²) in [6.45, 7) is 0. The number of benzene rings is 1. The van der Waals surface area contributed by atoms with E-state index in [9.17, 15) is 9.90 Å². The fraction of sp³-hybridized carbons (Fsp3) is 0.0714. The first kappa shape index (κ1) is 11.4. The Morgan fingerprint density at radius 2 is 2.11 bits per heavy atom. The minimum absolute atomic E-state index is 0.143. The van der Waals surface area contributed by atoms with Gasteiger partial charge in [0.2, 0.25) is 0 Å². The van der Waals surface area contributed by atoms with Gasteiger partial charge in [-0.05, 0) is 12.1 Å². The van der Waals surface area contributed by atoms with Gasteiger partial charge in [-0.2, -0.15) is 5.10 Å². The highest BCUT2D eigenvalue weighted by Crippen LogP contribution is 2.23. The van der Waals surface area contributed by atoms with E-state index in [2.05, 4.69) is 10.1 Å². The molecule has 0 N–H and O–H groups in total. The van der Waals surface area contributed by atoms with Crippen molar-refractivity contribution in [2.75, 3.05) is 0 Å². The molecule has 5 nitrogen and oxygen atoms in total. The topological polar surface area (TPSA) is 70.8 Å². The van der Waals surface area contributed by atoms with Crippen LogP contribution in [0.1, 0.15) is 10.4 Å². The minimum atomic E-state index is -1.20. The molecule has 0 spiro atoms. The fourth-order valence-electron chi connectivity index (χ4n) is 2.05. The van der Waals surface area contributed by atoms with E-state index in [1.165, 1.54) is 6.07 Å². The van der Waals surface area contributed by atoms with Crippen molar-refractivity contribution in [1.29, 1.82) is 0 Å². The van der Waals surface area contributed by atoms with E-state index >= 15 is 0 Å². The molecule has 0 aliphatic rings. The van der Waals surface area contributed by atoms with Crippen LogP contribution >= 0.6 is 0 Å². The number of hydrogen-bond donors (Lipinski definition) is 0. The molecular formula is C14H10N3O2-. The van der Waals surface area contributed by atoms with Gasteiger partial charge in [0.05, 0.1) is 23.4 Å². The first-order valence-corrected chi connectivity index (χ1v) is 5.75. The summed E-state index contributed by atoms with van der Waals surface area (Å²) in [4.78, 5) is 15.7. The third-order valence-corrected chi connectivity index (χ3v) is 2.94. The fourth-order valence-corrected chi connectivity index (χ4v) is 2.05. The molecule has 0 atom stereocenters. The molecule has 0 unspecified atom stereocenters. The zero-order valence-electron chi connectivity index (χ0n) is 10.2. The van der Waals surface area contributed by atoms with Crippen molar-refractivity contribution >= 4 is 16.9 Å². The molecule has 3 rings (SSSR count). The highest BCUT2D eigenvalue weighted by molar-refractivity contribution is 6.02. The van der Waals surface area contributed by atoms with Crippen molar-refractivity contribution < 1.29 is 9.90 Å². The second kappa shape index (κ2) is 4.20. The average molecular weight is 252 g/mol. The molecule has 1 aromatic carbocycles. The molecule has 5 heteroatoms. The Kier molecular flexibility index (Phi) is 2.52. The summed E-state index contributed by atoms with van der Waals surface area (Å²) in [7, 11) is 1.80. The van der Waals surface area contributed by atoms with Crippen LogP contribution in [0.5, 0.6) is 0 Å². The lowest BCUT2D eigenvalue weighted by Gasteiger charge is -2.09. The van der Waals surface area contributed by atoms with Gasteiger partial charge in [0, 0.05) is 29.8 Å². The summed E-state index contributed by atoms with van der Waals surface area (Å²) >= 11 is 0. The summed E-state index contributed by atoms with van der Waals surface area (Å²) in [6.07, 6.45) is 3.44. The van der Waals surface area contributed by atoms with Crippen LogP contribution in [0.2, 0.25) is 0 Å². The summed E-state index contributed by atoms with van der Waals surface area (Å²) < 4.78 is 1.64. The summed E-state index contributed by atoms with van der Waals surface area (Å²) in [5.74, 6) is -1.20. The summed E-state index contributed by atoms with van der Waals surface area (Å²) in [5.41, 5.74) is 2.12. The van der Waals surface area contributed by atoms with Crippen molar-refractivity contribution in [3.63, 3.8) is 0 Å². The number of nitrogens with zero attached hydrogens (tertiary/aromatic N) is 3. The monoisotopic (exact) mass is 252 g/mol. The van der Waals surface area contributed by atoms with Gasteiger partial charge in [-0.25, -0.2) is 4.98 Å². The number of carboxylic acid groups (broad SMARTS) is 1. The smallest absolute Gasteiger partial charge is 0.0747 e. The number of aromatic carboxylic acids is 1. The molecule has 0 radical (unpaired) electrons. The van der Waals surface area contributed by atoms with Crippen LogP contribution in [-0.2, 0) is 7.05 Å². The predicted molar refractivity (Wildman–Crippen MR) is 68.3 cm³/mol. The molecule has 94 valence electrons. The molecule has 0 aliphatic carbocycles. The first-order valence-electron chi connectivity index (χ1n) is 5.75. The minimum Gasteiger partial charge on any atom is -0.545 e. The third kappa shape index (κ3) is 1.95. The molecule has 3 aromatic rings. The highest BCUT2D eigenvalue weighted by atomic mass is 16.4. The zero-order valence-corrected chi connectivity index (χ0v) is 10.2. The molecular weight excluding hydrogens is 242 g/mol. The molecule has 0 fully saturated rings. The number of carbonyl (C=O) groups is 1. The lowest BCUT2D eigenvalue weighted by Crippen LogP contribution is -2.22. The third-order valence-electron chi connectivity index (χ3n) is 2.94. The van der Waals surface area contributed by atoms with Gasteiger partial charge >= 0.3 is 0 Å². The van der Waals surface area contributed by atoms with E-state index < -0.39 is 5.97 Å². The van der Waals surface area contributed by atoms with Crippen molar-refractivity contribution in [1.82, 2.24) is 14.8 Å². The number of rotatable bonds is 2. The van der Waals surface area contributed by atoms with E-state index in [1.807, 2.05) is 6.07 Å². The maximum Gasteiger partial charge on any atom is 0.0747 e. The van der Waals surface area contributed by atoms with Crippen molar-refractivity contribution in [2.24, 2.45) is 7.05 Å². The van der Waals surface area contributed by atoms with Crippen LogP contribution < -0.4 is 5.11 Å². The van der Waals surface area contributed by atoms with Gasteiger partial charge in [-0.1, -0.05) is 18.2 Å². The Balaban J connectivity index is 2.30. The number of carboxylic acids is 1. The molecule has 19 heavy (non-hydrogen) atoms. The highest BCUT2D eigenvalue weighted by Gasteiger charge is 2.09. The maximum absolute atomic E-state index is 11.2. The second-order valence-electron chi connectivity index (χ2n) is 4.26.